The van der Waals surface area contributed by atoms with Crippen molar-refractivity contribution in [1.82, 2.24) is 10.6 Å². The zero-order valence-corrected chi connectivity index (χ0v) is 22.1. The molecular formula is C28H52N2O4. The number of Topliss-reactive ketones (excluding diaryl/α,β-unsaturated/α-hetero) is 1. The van der Waals surface area contributed by atoms with Gasteiger partial charge in [0.2, 0.25) is 11.8 Å². The summed E-state index contributed by atoms with van der Waals surface area (Å²) in [6, 6.07) is -0.601. The van der Waals surface area contributed by atoms with Crippen LogP contribution in [0.25, 0.3) is 0 Å². The first-order valence-electron chi connectivity index (χ1n) is 14.0. The zero-order chi connectivity index (χ0) is 25.3. The summed E-state index contributed by atoms with van der Waals surface area (Å²) in [5.41, 5.74) is 0. The van der Waals surface area contributed by atoms with Gasteiger partial charge in [0.15, 0.2) is 0 Å². The SMILES string of the molecule is CCCCCCCCCCCCCCCC(=O)NC(C=O)CCC(=O)NCCCCCC(C)=O. The van der Waals surface area contributed by atoms with Gasteiger partial charge in [-0.15, -0.1) is 0 Å². The van der Waals surface area contributed by atoms with E-state index in [1.165, 1.54) is 64.2 Å². The molecule has 0 radical (unpaired) electrons. The molecule has 6 nitrogen and oxygen atoms in total. The van der Waals surface area contributed by atoms with Gasteiger partial charge in [0.05, 0.1) is 6.04 Å². The molecule has 0 aromatic carbocycles. The summed E-state index contributed by atoms with van der Waals surface area (Å²) in [5, 5.41) is 5.57. The third-order valence-electron chi connectivity index (χ3n) is 6.23. The van der Waals surface area contributed by atoms with Crippen molar-refractivity contribution >= 4 is 23.9 Å². The van der Waals surface area contributed by atoms with Crippen LogP contribution in [0.3, 0.4) is 0 Å². The number of aldehydes is 1. The molecule has 0 aliphatic heterocycles. The molecule has 2 amide bonds. The molecule has 0 aromatic heterocycles. The molecule has 34 heavy (non-hydrogen) atoms. The molecule has 0 saturated carbocycles. The van der Waals surface area contributed by atoms with Crippen LogP contribution in [-0.2, 0) is 19.2 Å². The third-order valence-corrected chi connectivity index (χ3v) is 6.23. The fraction of sp³-hybridized carbons (Fsp3) is 0.857. The molecule has 0 aliphatic rings. The van der Waals surface area contributed by atoms with Crippen LogP contribution in [-0.4, -0.2) is 36.5 Å². The molecule has 0 spiro atoms. The largest absolute Gasteiger partial charge is 0.356 e. The van der Waals surface area contributed by atoms with Gasteiger partial charge in [-0.2, -0.15) is 0 Å². The van der Waals surface area contributed by atoms with E-state index in [1.54, 1.807) is 6.92 Å². The first-order chi connectivity index (χ1) is 16.5. The Kier molecular flexibility index (Phi) is 23.2. The molecule has 0 rings (SSSR count). The minimum Gasteiger partial charge on any atom is -0.356 e. The number of rotatable bonds is 25. The van der Waals surface area contributed by atoms with Gasteiger partial charge in [-0.3, -0.25) is 9.59 Å². The second kappa shape index (κ2) is 24.4. The summed E-state index contributed by atoms with van der Waals surface area (Å²) < 4.78 is 0. The summed E-state index contributed by atoms with van der Waals surface area (Å²) in [5.74, 6) is -0.0183. The van der Waals surface area contributed by atoms with Crippen LogP contribution in [0.4, 0.5) is 0 Å². The van der Waals surface area contributed by atoms with E-state index in [0.717, 1.165) is 44.8 Å². The maximum atomic E-state index is 12.1. The van der Waals surface area contributed by atoms with Crippen LogP contribution in [0.15, 0.2) is 0 Å². The number of carbonyl (C=O) groups excluding carboxylic acids is 4. The first kappa shape index (κ1) is 32.3. The van der Waals surface area contributed by atoms with Crippen molar-refractivity contribution in [2.45, 2.75) is 148 Å². The average Bonchev–Trinajstić information content (AvgIpc) is 2.81. The lowest BCUT2D eigenvalue weighted by atomic mass is 10.0. The van der Waals surface area contributed by atoms with Gasteiger partial charge in [-0.05, 0) is 32.6 Å². The Hall–Kier alpha value is -1.72. The van der Waals surface area contributed by atoms with E-state index < -0.39 is 6.04 Å². The van der Waals surface area contributed by atoms with Crippen molar-refractivity contribution in [2.24, 2.45) is 0 Å². The minimum absolute atomic E-state index is 0.106. The van der Waals surface area contributed by atoms with Gasteiger partial charge in [0, 0.05) is 25.8 Å². The number of hydrogen-bond donors (Lipinski definition) is 2. The predicted molar refractivity (Wildman–Crippen MR) is 140 cm³/mol. The van der Waals surface area contributed by atoms with Crippen LogP contribution in [0.2, 0.25) is 0 Å². The number of unbranched alkanes of at least 4 members (excludes halogenated alkanes) is 14. The first-order valence-corrected chi connectivity index (χ1v) is 14.0. The normalized spacial score (nSPS) is 11.7. The second-order valence-electron chi connectivity index (χ2n) is 9.70. The summed E-state index contributed by atoms with van der Waals surface area (Å²) in [6.45, 7) is 4.42. The molecular weight excluding hydrogens is 428 g/mol. The van der Waals surface area contributed by atoms with Gasteiger partial charge in [0.1, 0.15) is 12.1 Å². The molecule has 0 heterocycles. The van der Waals surface area contributed by atoms with Crippen molar-refractivity contribution in [3.05, 3.63) is 0 Å². The standard InChI is InChI=1S/C28H52N2O4/c1-3-4-5-6-7-8-9-10-11-12-13-14-17-20-28(34)30-26(24-31)21-22-27(33)29-23-18-15-16-19-25(2)32/h24,26H,3-23H2,1-2H3,(H,29,33)(H,30,34). The lowest BCUT2D eigenvalue weighted by molar-refractivity contribution is -0.125. The van der Waals surface area contributed by atoms with Crippen LogP contribution in [0.1, 0.15) is 142 Å². The molecule has 0 bridgehead atoms. The molecule has 0 aromatic rings. The van der Waals surface area contributed by atoms with E-state index in [0.29, 0.717) is 25.8 Å². The van der Waals surface area contributed by atoms with Crippen LogP contribution < -0.4 is 10.6 Å². The Morgan fingerprint density at radius 2 is 1.15 bits per heavy atom. The van der Waals surface area contributed by atoms with E-state index in [9.17, 15) is 19.2 Å². The van der Waals surface area contributed by atoms with Gasteiger partial charge in [-0.1, -0.05) is 90.4 Å². The fourth-order valence-corrected chi connectivity index (χ4v) is 4.04. The van der Waals surface area contributed by atoms with Crippen molar-refractivity contribution in [3.8, 4) is 0 Å². The monoisotopic (exact) mass is 480 g/mol. The van der Waals surface area contributed by atoms with Gasteiger partial charge >= 0.3 is 0 Å². The number of amides is 2. The van der Waals surface area contributed by atoms with E-state index >= 15 is 0 Å². The Balaban J connectivity index is 3.59. The van der Waals surface area contributed by atoms with Gasteiger partial charge in [0.25, 0.3) is 0 Å². The second-order valence-corrected chi connectivity index (χ2v) is 9.70. The topological polar surface area (TPSA) is 92.3 Å². The maximum absolute atomic E-state index is 12.1. The number of hydrogen-bond acceptors (Lipinski definition) is 4. The van der Waals surface area contributed by atoms with Gasteiger partial charge in [-0.25, -0.2) is 0 Å². The highest BCUT2D eigenvalue weighted by Gasteiger charge is 2.13. The van der Waals surface area contributed by atoms with Gasteiger partial charge < -0.3 is 20.2 Å². The lowest BCUT2D eigenvalue weighted by Crippen LogP contribution is -2.37. The number of carbonyl (C=O) groups is 4. The summed E-state index contributed by atoms with van der Waals surface area (Å²) >= 11 is 0. The Bertz CT molecular complexity index is 536. The van der Waals surface area contributed by atoms with Crippen molar-refractivity contribution in [3.63, 3.8) is 0 Å². The van der Waals surface area contributed by atoms with Crippen molar-refractivity contribution < 1.29 is 19.2 Å². The molecule has 0 fully saturated rings. The Labute approximate surface area is 208 Å². The van der Waals surface area contributed by atoms with E-state index in [1.807, 2.05) is 0 Å². The predicted octanol–water partition coefficient (Wildman–Crippen LogP) is 6.20. The summed E-state index contributed by atoms with van der Waals surface area (Å²) in [6.07, 6.45) is 21.3. The number of ketones is 1. The molecule has 6 heteroatoms. The molecule has 0 aliphatic carbocycles. The molecule has 1 atom stereocenters. The minimum atomic E-state index is -0.601. The number of nitrogens with one attached hydrogen (secondary N) is 2. The van der Waals surface area contributed by atoms with E-state index in [2.05, 4.69) is 17.6 Å². The Morgan fingerprint density at radius 3 is 1.68 bits per heavy atom. The molecule has 2 N–H and O–H groups in total. The van der Waals surface area contributed by atoms with Crippen LogP contribution in [0, 0.1) is 0 Å². The smallest absolute Gasteiger partial charge is 0.220 e. The summed E-state index contributed by atoms with van der Waals surface area (Å²) in [4.78, 5) is 46.1. The highest BCUT2D eigenvalue weighted by molar-refractivity contribution is 5.80. The quantitative estimate of drug-likeness (QED) is 0.120. The fourth-order valence-electron chi connectivity index (χ4n) is 4.04. The Morgan fingerprint density at radius 1 is 0.647 bits per heavy atom. The van der Waals surface area contributed by atoms with Crippen LogP contribution >= 0.6 is 0 Å². The highest BCUT2D eigenvalue weighted by Crippen LogP contribution is 2.13. The molecule has 0 saturated heterocycles. The molecule has 198 valence electrons. The lowest BCUT2D eigenvalue weighted by Gasteiger charge is -2.13. The van der Waals surface area contributed by atoms with Crippen molar-refractivity contribution in [1.29, 1.82) is 0 Å². The van der Waals surface area contributed by atoms with E-state index in [-0.39, 0.29) is 24.0 Å². The zero-order valence-electron chi connectivity index (χ0n) is 22.1. The maximum Gasteiger partial charge on any atom is 0.220 e. The van der Waals surface area contributed by atoms with E-state index in [4.69, 9.17) is 0 Å². The van der Waals surface area contributed by atoms with Crippen molar-refractivity contribution in [2.75, 3.05) is 6.54 Å². The average molecular weight is 481 g/mol. The molecule has 1 unspecified atom stereocenters. The summed E-state index contributed by atoms with van der Waals surface area (Å²) in [7, 11) is 0. The van der Waals surface area contributed by atoms with Crippen LogP contribution in [0.5, 0.6) is 0 Å². The third kappa shape index (κ3) is 23.4. The highest BCUT2D eigenvalue weighted by atomic mass is 16.2.